The number of nitrogens with one attached hydrogen (secondary N) is 1. The van der Waals surface area contributed by atoms with Gasteiger partial charge in [0.1, 0.15) is 25.2 Å². The van der Waals surface area contributed by atoms with E-state index in [0.717, 1.165) is 5.56 Å². The molecule has 2 heterocycles. The minimum Gasteiger partial charge on any atom is -0.378 e. The van der Waals surface area contributed by atoms with Crippen molar-refractivity contribution >= 4 is 29.3 Å². The molecule has 0 saturated carbocycles. The van der Waals surface area contributed by atoms with Crippen LogP contribution in [-0.4, -0.2) is 97.0 Å². The number of nitrogens with zero attached hydrogens (tertiary/aromatic N) is 3. The van der Waals surface area contributed by atoms with Crippen LogP contribution in [0.4, 0.5) is 0 Å². The Kier molecular flexibility index (Phi) is 10.3. The van der Waals surface area contributed by atoms with Gasteiger partial charge in [-0.25, -0.2) is 0 Å². The first-order chi connectivity index (χ1) is 19.8. The van der Waals surface area contributed by atoms with E-state index in [1.54, 1.807) is 11.1 Å². The third kappa shape index (κ3) is 7.39. The van der Waals surface area contributed by atoms with E-state index >= 15 is 0 Å². The number of carbonyl (C=O) groups excluding carboxylic acids is 4. The zero-order valence-corrected chi connectivity index (χ0v) is 23.8. The molecule has 1 saturated heterocycles. The Morgan fingerprint density at radius 3 is 2.24 bits per heavy atom. The van der Waals surface area contributed by atoms with Gasteiger partial charge in [-0.3, -0.25) is 24.1 Å². The Balaban J connectivity index is 1.62. The lowest BCUT2D eigenvalue weighted by atomic mass is 9.97. The minimum atomic E-state index is -0.812. The number of amides is 4. The van der Waals surface area contributed by atoms with E-state index in [-0.39, 0.29) is 36.8 Å². The van der Waals surface area contributed by atoms with Gasteiger partial charge in [0.25, 0.3) is 11.8 Å². The highest BCUT2D eigenvalue weighted by atomic mass is 16.5. The summed E-state index contributed by atoms with van der Waals surface area (Å²) in [5, 5.41) is 2.91. The van der Waals surface area contributed by atoms with Gasteiger partial charge in [-0.15, -0.1) is 0 Å². The molecular weight excluding hydrogens is 524 g/mol. The Morgan fingerprint density at radius 2 is 1.63 bits per heavy atom. The highest BCUT2D eigenvalue weighted by Crippen LogP contribution is 2.30. The van der Waals surface area contributed by atoms with E-state index in [9.17, 15) is 19.2 Å². The van der Waals surface area contributed by atoms with Crippen molar-refractivity contribution in [2.75, 3.05) is 46.6 Å². The standard InChI is InChI=1S/C31H38N4O6/c1-22(2)29-31(39)34(26(24-12-8-5-9-13-24)19-35(29)28(37)21-40-3)20-27(36)32-25(18-23-10-6-4-7-11-23)30(38)33-14-16-41-17-15-33/h4-13,19,22,25,29H,14-18,20-21H2,1-3H3,(H,32,36)/t25-,29?/m0/s1. The van der Waals surface area contributed by atoms with Crippen LogP contribution in [0.2, 0.25) is 0 Å². The molecule has 1 N–H and O–H groups in total. The number of hydrogen-bond donors (Lipinski definition) is 1. The normalized spacial score (nSPS) is 18.2. The van der Waals surface area contributed by atoms with Crippen LogP contribution in [0.5, 0.6) is 0 Å². The lowest BCUT2D eigenvalue weighted by molar-refractivity contribution is -0.147. The molecule has 0 spiro atoms. The number of benzene rings is 2. The molecule has 218 valence electrons. The summed E-state index contributed by atoms with van der Waals surface area (Å²) in [5.74, 6) is -1.61. The first kappa shape index (κ1) is 30.0. The number of hydrogen-bond acceptors (Lipinski definition) is 6. The van der Waals surface area contributed by atoms with Gasteiger partial charge in [0, 0.05) is 32.8 Å². The number of morpholine rings is 1. The second-order valence-electron chi connectivity index (χ2n) is 10.5. The monoisotopic (exact) mass is 562 g/mol. The molecule has 0 aromatic heterocycles. The van der Waals surface area contributed by atoms with Gasteiger partial charge in [0.05, 0.1) is 18.9 Å². The average Bonchev–Trinajstić information content (AvgIpc) is 2.98. The molecule has 1 fully saturated rings. The summed E-state index contributed by atoms with van der Waals surface area (Å²) < 4.78 is 10.5. The summed E-state index contributed by atoms with van der Waals surface area (Å²) in [6, 6.07) is 17.0. The zero-order chi connectivity index (χ0) is 29.4. The maximum Gasteiger partial charge on any atom is 0.253 e. The van der Waals surface area contributed by atoms with Crippen LogP contribution in [0, 0.1) is 5.92 Å². The summed E-state index contributed by atoms with van der Waals surface area (Å²) in [6.45, 7) is 5.01. The first-order valence-electron chi connectivity index (χ1n) is 13.9. The molecular formula is C31H38N4O6. The van der Waals surface area contributed by atoms with Gasteiger partial charge in [-0.05, 0) is 17.0 Å². The zero-order valence-electron chi connectivity index (χ0n) is 23.8. The molecule has 2 aliphatic rings. The van der Waals surface area contributed by atoms with E-state index < -0.39 is 18.0 Å². The van der Waals surface area contributed by atoms with Gasteiger partial charge in [0.2, 0.25) is 11.8 Å². The molecule has 10 heteroatoms. The topological polar surface area (TPSA) is 108 Å². The van der Waals surface area contributed by atoms with E-state index in [2.05, 4.69) is 5.32 Å². The van der Waals surface area contributed by atoms with Crippen LogP contribution in [0.1, 0.15) is 25.0 Å². The molecule has 41 heavy (non-hydrogen) atoms. The Bertz CT molecular complexity index is 1240. The van der Waals surface area contributed by atoms with E-state index in [4.69, 9.17) is 9.47 Å². The molecule has 4 amide bonds. The molecule has 2 aromatic rings. The van der Waals surface area contributed by atoms with Crippen molar-refractivity contribution in [3.05, 3.63) is 78.0 Å². The maximum atomic E-state index is 13.9. The van der Waals surface area contributed by atoms with Crippen molar-refractivity contribution in [2.24, 2.45) is 5.92 Å². The lowest BCUT2D eigenvalue weighted by Gasteiger charge is -2.41. The molecule has 0 aliphatic carbocycles. The number of rotatable bonds is 10. The molecule has 2 atom stereocenters. The van der Waals surface area contributed by atoms with Crippen molar-refractivity contribution in [1.82, 2.24) is 20.0 Å². The quantitative estimate of drug-likeness (QED) is 0.474. The summed E-state index contributed by atoms with van der Waals surface area (Å²) in [6.07, 6.45) is 1.93. The smallest absolute Gasteiger partial charge is 0.253 e. The van der Waals surface area contributed by atoms with Gasteiger partial charge in [-0.1, -0.05) is 74.5 Å². The summed E-state index contributed by atoms with van der Waals surface area (Å²) in [7, 11) is 1.43. The Labute approximate surface area is 240 Å². The predicted octanol–water partition coefficient (Wildman–Crippen LogP) is 1.91. The average molecular weight is 563 g/mol. The summed E-state index contributed by atoms with van der Waals surface area (Å²) in [4.78, 5) is 58.5. The SMILES string of the molecule is COCC(=O)N1C=C(c2ccccc2)N(CC(=O)N[C@@H](Cc2ccccc2)C(=O)N2CCOCC2)C(=O)C1C(C)C. The van der Waals surface area contributed by atoms with Crippen molar-refractivity contribution < 1.29 is 28.7 Å². The Morgan fingerprint density at radius 1 is 1.00 bits per heavy atom. The molecule has 4 rings (SSSR count). The number of methoxy groups -OCH3 is 1. The minimum absolute atomic E-state index is 0.180. The molecule has 10 nitrogen and oxygen atoms in total. The molecule has 2 aliphatic heterocycles. The second kappa shape index (κ2) is 14.0. The van der Waals surface area contributed by atoms with Crippen LogP contribution >= 0.6 is 0 Å². The van der Waals surface area contributed by atoms with Gasteiger partial charge in [-0.2, -0.15) is 0 Å². The van der Waals surface area contributed by atoms with Crippen LogP contribution in [0.3, 0.4) is 0 Å². The molecule has 0 bridgehead atoms. The number of carbonyl (C=O) groups is 4. The van der Waals surface area contributed by atoms with Crippen LogP contribution < -0.4 is 5.32 Å². The highest BCUT2D eigenvalue weighted by molar-refractivity contribution is 6.00. The fraction of sp³-hybridized carbons (Fsp3) is 0.419. The largest absolute Gasteiger partial charge is 0.378 e. The van der Waals surface area contributed by atoms with Gasteiger partial charge >= 0.3 is 0 Å². The Hall–Kier alpha value is -4.02. The second-order valence-corrected chi connectivity index (χ2v) is 10.5. The van der Waals surface area contributed by atoms with E-state index in [1.807, 2.05) is 74.5 Å². The van der Waals surface area contributed by atoms with Crippen LogP contribution in [0.15, 0.2) is 66.9 Å². The van der Waals surface area contributed by atoms with E-state index in [0.29, 0.717) is 44.0 Å². The van der Waals surface area contributed by atoms with E-state index in [1.165, 1.54) is 16.9 Å². The van der Waals surface area contributed by atoms with Crippen molar-refractivity contribution in [1.29, 1.82) is 0 Å². The van der Waals surface area contributed by atoms with Crippen LogP contribution in [-0.2, 0) is 35.1 Å². The summed E-state index contributed by atoms with van der Waals surface area (Å²) >= 11 is 0. The van der Waals surface area contributed by atoms with Crippen molar-refractivity contribution in [3.63, 3.8) is 0 Å². The fourth-order valence-corrected chi connectivity index (χ4v) is 5.15. The van der Waals surface area contributed by atoms with Crippen LogP contribution in [0.25, 0.3) is 5.70 Å². The fourth-order valence-electron chi connectivity index (χ4n) is 5.15. The summed E-state index contributed by atoms with van der Waals surface area (Å²) in [5.41, 5.74) is 2.01. The van der Waals surface area contributed by atoms with Crippen molar-refractivity contribution in [3.8, 4) is 0 Å². The maximum absolute atomic E-state index is 13.9. The third-order valence-electron chi connectivity index (χ3n) is 7.17. The lowest BCUT2D eigenvalue weighted by Crippen LogP contribution is -2.58. The third-order valence-corrected chi connectivity index (χ3v) is 7.17. The van der Waals surface area contributed by atoms with Crippen molar-refractivity contribution in [2.45, 2.75) is 32.4 Å². The first-order valence-corrected chi connectivity index (χ1v) is 13.9. The van der Waals surface area contributed by atoms with Gasteiger partial charge in [0.15, 0.2) is 0 Å². The molecule has 2 aromatic carbocycles. The molecule has 1 unspecified atom stereocenters. The number of ether oxygens (including phenoxy) is 2. The highest BCUT2D eigenvalue weighted by Gasteiger charge is 2.41. The molecule has 0 radical (unpaired) electrons. The predicted molar refractivity (Wildman–Crippen MR) is 153 cm³/mol. The van der Waals surface area contributed by atoms with Gasteiger partial charge < -0.3 is 24.6 Å².